The molecule has 3 aromatic rings. The van der Waals surface area contributed by atoms with Crippen LogP contribution < -0.4 is 11.5 Å². The third-order valence-electron chi connectivity index (χ3n) is 6.46. The zero-order valence-corrected chi connectivity index (χ0v) is 19.4. The summed E-state index contributed by atoms with van der Waals surface area (Å²) < 4.78 is 6.98. The summed E-state index contributed by atoms with van der Waals surface area (Å²) in [6, 6.07) is 9.26. The molecule has 8 nitrogen and oxygen atoms in total. The molecular formula is C25H31N5O3. The second-order valence-corrected chi connectivity index (χ2v) is 9.73. The predicted octanol–water partition coefficient (Wildman–Crippen LogP) is 3.89. The van der Waals surface area contributed by atoms with Gasteiger partial charge >= 0.3 is 0 Å². The molecule has 0 bridgehead atoms. The van der Waals surface area contributed by atoms with Crippen LogP contribution in [0.15, 0.2) is 34.9 Å². The Bertz CT molecular complexity index is 1170. The molecule has 0 radical (unpaired) electrons. The highest BCUT2D eigenvalue weighted by Gasteiger charge is 2.32. The van der Waals surface area contributed by atoms with E-state index in [1.165, 1.54) is 19.3 Å². The molecule has 0 spiro atoms. The average molecular weight is 450 g/mol. The molecule has 0 unspecified atom stereocenters. The number of nitrogens with two attached hydrogens (primary N) is 2. The lowest BCUT2D eigenvalue weighted by Crippen LogP contribution is -2.27. The first-order valence-corrected chi connectivity index (χ1v) is 11.4. The number of amides is 1. The molecule has 174 valence electrons. The van der Waals surface area contributed by atoms with Crippen LogP contribution in [0.3, 0.4) is 0 Å². The number of carbonyl (C=O) groups excluding carboxylic acids is 2. The number of Topliss-reactive ketones (excluding diaryl/α,β-unsaturated/α-hetero) is 1. The Labute approximate surface area is 193 Å². The van der Waals surface area contributed by atoms with Crippen molar-refractivity contribution in [1.82, 2.24) is 14.9 Å². The minimum Gasteiger partial charge on any atom is -0.383 e. The quantitative estimate of drug-likeness (QED) is 0.510. The van der Waals surface area contributed by atoms with Crippen molar-refractivity contribution in [3.05, 3.63) is 52.9 Å². The van der Waals surface area contributed by atoms with Crippen LogP contribution >= 0.6 is 0 Å². The van der Waals surface area contributed by atoms with Crippen LogP contribution in [0, 0.1) is 5.41 Å². The Hall–Kier alpha value is -3.42. The maximum absolute atomic E-state index is 12.6. The topological polar surface area (TPSA) is 130 Å². The number of nitrogen functional groups attached to an aromatic ring is 1. The molecular weight excluding hydrogens is 418 g/mol. The van der Waals surface area contributed by atoms with Crippen LogP contribution in [-0.4, -0.2) is 26.6 Å². The SMILES string of the molecule is CC(C)n1nc(-c2ccc(CC(=O)Cc3cc(CC4(C)CCC4)no3)cc2)c(C(N)=O)c1N. The molecule has 1 amide bonds. The summed E-state index contributed by atoms with van der Waals surface area (Å²) in [5.41, 5.74) is 15.1. The lowest BCUT2D eigenvalue weighted by molar-refractivity contribution is -0.118. The number of nitrogens with zero attached hydrogens (tertiary/aromatic N) is 3. The lowest BCUT2D eigenvalue weighted by Gasteiger charge is -2.37. The van der Waals surface area contributed by atoms with E-state index in [0.29, 0.717) is 16.9 Å². The summed E-state index contributed by atoms with van der Waals surface area (Å²) in [7, 11) is 0. The number of carbonyl (C=O) groups is 2. The van der Waals surface area contributed by atoms with Crippen molar-refractivity contribution in [2.45, 2.75) is 65.3 Å². The van der Waals surface area contributed by atoms with Crippen molar-refractivity contribution < 1.29 is 14.1 Å². The van der Waals surface area contributed by atoms with Crippen molar-refractivity contribution in [2.75, 3.05) is 5.73 Å². The first-order valence-electron chi connectivity index (χ1n) is 11.4. The Morgan fingerprint density at radius 1 is 1.18 bits per heavy atom. The van der Waals surface area contributed by atoms with Crippen LogP contribution in [-0.2, 0) is 24.1 Å². The molecule has 0 saturated heterocycles. The van der Waals surface area contributed by atoms with Gasteiger partial charge < -0.3 is 16.0 Å². The highest BCUT2D eigenvalue weighted by molar-refractivity contribution is 6.03. The number of rotatable bonds is 9. The molecule has 4 rings (SSSR count). The first kappa shape index (κ1) is 22.8. The molecule has 0 atom stereocenters. The van der Waals surface area contributed by atoms with E-state index in [-0.39, 0.29) is 36.0 Å². The Morgan fingerprint density at radius 2 is 1.88 bits per heavy atom. The molecule has 1 aromatic carbocycles. The molecule has 1 fully saturated rings. The summed E-state index contributed by atoms with van der Waals surface area (Å²) in [6.07, 6.45) is 5.10. The molecule has 4 N–H and O–H groups in total. The van der Waals surface area contributed by atoms with Crippen LogP contribution in [0.1, 0.15) is 73.5 Å². The average Bonchev–Trinajstić information content (AvgIpc) is 3.31. The van der Waals surface area contributed by atoms with Gasteiger partial charge in [-0.2, -0.15) is 5.10 Å². The van der Waals surface area contributed by atoms with Gasteiger partial charge in [-0.15, -0.1) is 0 Å². The summed E-state index contributed by atoms with van der Waals surface area (Å²) >= 11 is 0. The Morgan fingerprint density at radius 3 is 2.45 bits per heavy atom. The molecule has 2 heterocycles. The minimum atomic E-state index is -0.619. The van der Waals surface area contributed by atoms with Crippen molar-refractivity contribution in [1.29, 1.82) is 0 Å². The number of hydrogen-bond acceptors (Lipinski definition) is 6. The second kappa shape index (κ2) is 8.84. The van der Waals surface area contributed by atoms with Gasteiger partial charge in [0.2, 0.25) is 0 Å². The summed E-state index contributed by atoms with van der Waals surface area (Å²) in [6.45, 7) is 6.13. The zero-order valence-electron chi connectivity index (χ0n) is 19.4. The number of ketones is 1. The Kier molecular flexibility index (Phi) is 6.10. The van der Waals surface area contributed by atoms with Gasteiger partial charge in [-0.25, -0.2) is 4.68 Å². The number of primary amides is 1. The van der Waals surface area contributed by atoms with E-state index in [1.807, 2.05) is 44.2 Å². The molecule has 1 saturated carbocycles. The van der Waals surface area contributed by atoms with E-state index in [9.17, 15) is 9.59 Å². The monoisotopic (exact) mass is 449 g/mol. The summed E-state index contributed by atoms with van der Waals surface area (Å²) in [5.74, 6) is 0.290. The zero-order chi connectivity index (χ0) is 23.8. The highest BCUT2D eigenvalue weighted by atomic mass is 16.5. The Balaban J connectivity index is 1.42. The van der Waals surface area contributed by atoms with Gasteiger partial charge in [0.25, 0.3) is 5.91 Å². The third kappa shape index (κ3) is 4.84. The normalized spacial score (nSPS) is 14.9. The van der Waals surface area contributed by atoms with Crippen molar-refractivity contribution in [3.8, 4) is 11.3 Å². The first-order chi connectivity index (χ1) is 15.6. The van der Waals surface area contributed by atoms with Crippen LogP contribution in [0.4, 0.5) is 5.82 Å². The van der Waals surface area contributed by atoms with Gasteiger partial charge in [0.1, 0.15) is 28.6 Å². The minimum absolute atomic E-state index is 0.0121. The molecule has 1 aliphatic carbocycles. The van der Waals surface area contributed by atoms with E-state index in [0.717, 1.165) is 23.2 Å². The van der Waals surface area contributed by atoms with E-state index in [4.69, 9.17) is 16.0 Å². The molecule has 1 aliphatic rings. The molecule has 2 aromatic heterocycles. The number of anilines is 1. The van der Waals surface area contributed by atoms with E-state index in [2.05, 4.69) is 17.2 Å². The summed E-state index contributed by atoms with van der Waals surface area (Å²) in [5, 5.41) is 8.64. The second-order valence-electron chi connectivity index (χ2n) is 9.73. The highest BCUT2D eigenvalue weighted by Crippen LogP contribution is 2.42. The van der Waals surface area contributed by atoms with E-state index < -0.39 is 5.91 Å². The molecule has 8 heteroatoms. The lowest BCUT2D eigenvalue weighted by atomic mass is 9.68. The van der Waals surface area contributed by atoms with Gasteiger partial charge in [-0.05, 0) is 44.1 Å². The van der Waals surface area contributed by atoms with Gasteiger partial charge in [0.05, 0.1) is 12.1 Å². The molecule has 0 aliphatic heterocycles. The fourth-order valence-corrected chi connectivity index (χ4v) is 4.47. The van der Waals surface area contributed by atoms with Crippen LogP contribution in [0.5, 0.6) is 0 Å². The van der Waals surface area contributed by atoms with Crippen LogP contribution in [0.2, 0.25) is 0 Å². The maximum atomic E-state index is 12.6. The number of hydrogen-bond donors (Lipinski definition) is 2. The summed E-state index contributed by atoms with van der Waals surface area (Å²) in [4.78, 5) is 24.6. The van der Waals surface area contributed by atoms with E-state index in [1.54, 1.807) is 4.68 Å². The smallest absolute Gasteiger partial charge is 0.254 e. The predicted molar refractivity (Wildman–Crippen MR) is 126 cm³/mol. The standard InChI is InChI=1S/C25H31N5O3/c1-15(2)30-23(26)21(24(27)32)22(28-30)17-7-5-16(6-8-17)11-19(31)13-20-12-18(29-33-20)14-25(3)9-4-10-25/h5-8,12,15H,4,9-11,13-14,26H2,1-3H3,(H2,27,32). The van der Waals surface area contributed by atoms with Gasteiger partial charge in [0, 0.05) is 24.1 Å². The third-order valence-corrected chi connectivity index (χ3v) is 6.46. The fraction of sp³-hybridized carbons (Fsp3) is 0.440. The fourth-order valence-electron chi connectivity index (χ4n) is 4.47. The number of aromatic nitrogens is 3. The van der Waals surface area contributed by atoms with Gasteiger partial charge in [-0.1, -0.05) is 42.8 Å². The van der Waals surface area contributed by atoms with Crippen LogP contribution in [0.25, 0.3) is 11.3 Å². The largest absolute Gasteiger partial charge is 0.383 e. The van der Waals surface area contributed by atoms with Crippen molar-refractivity contribution in [3.63, 3.8) is 0 Å². The maximum Gasteiger partial charge on any atom is 0.254 e. The van der Waals surface area contributed by atoms with Gasteiger partial charge in [-0.3, -0.25) is 9.59 Å². The van der Waals surface area contributed by atoms with Crippen molar-refractivity contribution in [2.24, 2.45) is 11.1 Å². The molecule has 33 heavy (non-hydrogen) atoms. The van der Waals surface area contributed by atoms with Crippen molar-refractivity contribution >= 4 is 17.5 Å². The number of benzene rings is 1. The van der Waals surface area contributed by atoms with E-state index >= 15 is 0 Å². The van der Waals surface area contributed by atoms with Gasteiger partial charge in [0.15, 0.2) is 0 Å².